The van der Waals surface area contributed by atoms with Crippen LogP contribution in [-0.2, 0) is 6.18 Å². The zero-order valence-corrected chi connectivity index (χ0v) is 9.75. The summed E-state index contributed by atoms with van der Waals surface area (Å²) in [4.78, 5) is 11.9. The molecule has 1 saturated heterocycles. The number of hydrogen-bond donors (Lipinski definition) is 2. The summed E-state index contributed by atoms with van der Waals surface area (Å²) in [5, 5.41) is 17.0. The van der Waals surface area contributed by atoms with Gasteiger partial charge in [0, 0.05) is 19.1 Å². The molecular formula is C8H9F3N4O2S. The average Bonchev–Trinajstić information content (AvgIpc) is 2.85. The summed E-state index contributed by atoms with van der Waals surface area (Å²) >= 11 is 0.412. The van der Waals surface area contributed by atoms with E-state index in [9.17, 15) is 18.0 Å². The van der Waals surface area contributed by atoms with Crippen LogP contribution in [0.5, 0.6) is 0 Å². The second-order valence-electron chi connectivity index (χ2n) is 3.77. The van der Waals surface area contributed by atoms with Crippen molar-refractivity contribution >= 4 is 22.6 Å². The number of amides is 1. The highest BCUT2D eigenvalue weighted by molar-refractivity contribution is 7.15. The Kier molecular flexibility index (Phi) is 3.28. The van der Waals surface area contributed by atoms with E-state index in [1.807, 2.05) is 0 Å². The fraction of sp³-hybridized carbons (Fsp3) is 0.625. The molecule has 2 heterocycles. The van der Waals surface area contributed by atoms with Crippen LogP contribution in [0.2, 0.25) is 0 Å². The molecule has 0 saturated carbocycles. The molecular weight excluding hydrogens is 273 g/mol. The fourth-order valence-electron chi connectivity index (χ4n) is 1.62. The van der Waals surface area contributed by atoms with E-state index in [0.29, 0.717) is 24.3 Å². The van der Waals surface area contributed by atoms with E-state index >= 15 is 0 Å². The number of halogens is 3. The molecule has 1 aromatic heterocycles. The summed E-state index contributed by atoms with van der Waals surface area (Å²) in [7, 11) is 0. The number of alkyl halides is 3. The predicted molar refractivity (Wildman–Crippen MR) is 56.5 cm³/mol. The lowest BCUT2D eigenvalue weighted by molar-refractivity contribution is -0.138. The number of rotatable bonds is 2. The second-order valence-corrected chi connectivity index (χ2v) is 4.75. The van der Waals surface area contributed by atoms with E-state index in [1.165, 1.54) is 4.90 Å². The number of likely N-dealkylation sites (tertiary alicyclic amines) is 1. The number of anilines is 1. The van der Waals surface area contributed by atoms with Gasteiger partial charge in [0.05, 0.1) is 0 Å². The molecule has 2 N–H and O–H groups in total. The van der Waals surface area contributed by atoms with Crippen LogP contribution in [0, 0.1) is 0 Å². The van der Waals surface area contributed by atoms with Crippen molar-refractivity contribution in [2.75, 3.05) is 18.4 Å². The number of nitrogens with zero attached hydrogens (tertiary/aromatic N) is 3. The molecule has 18 heavy (non-hydrogen) atoms. The summed E-state index contributed by atoms with van der Waals surface area (Å²) in [6, 6.07) is -0.227. The third-order valence-electron chi connectivity index (χ3n) is 2.45. The number of carboxylic acid groups (broad SMARTS) is 1. The van der Waals surface area contributed by atoms with Crippen LogP contribution in [0.25, 0.3) is 0 Å². The van der Waals surface area contributed by atoms with Crippen molar-refractivity contribution < 1.29 is 23.1 Å². The van der Waals surface area contributed by atoms with Crippen molar-refractivity contribution in [1.29, 1.82) is 0 Å². The predicted octanol–water partition coefficient (Wildman–Crippen LogP) is 1.72. The van der Waals surface area contributed by atoms with Gasteiger partial charge in [-0.25, -0.2) is 4.79 Å². The minimum absolute atomic E-state index is 0.0552. The van der Waals surface area contributed by atoms with Crippen LogP contribution in [-0.4, -0.2) is 45.4 Å². The fourth-order valence-corrected chi connectivity index (χ4v) is 2.31. The third kappa shape index (κ3) is 2.81. The molecule has 1 aliphatic rings. The quantitative estimate of drug-likeness (QED) is 0.863. The van der Waals surface area contributed by atoms with Crippen LogP contribution >= 0.6 is 11.3 Å². The number of carbonyl (C=O) groups is 1. The van der Waals surface area contributed by atoms with Gasteiger partial charge in [0.2, 0.25) is 10.1 Å². The molecule has 0 spiro atoms. The largest absolute Gasteiger partial charge is 0.465 e. The van der Waals surface area contributed by atoms with Crippen LogP contribution in [0.4, 0.5) is 23.1 Å². The molecule has 0 bridgehead atoms. The first kappa shape index (κ1) is 12.9. The Bertz CT molecular complexity index is 450. The first-order valence-corrected chi connectivity index (χ1v) is 5.83. The van der Waals surface area contributed by atoms with Crippen molar-refractivity contribution in [1.82, 2.24) is 15.1 Å². The van der Waals surface area contributed by atoms with Crippen LogP contribution in [0.1, 0.15) is 11.4 Å². The minimum atomic E-state index is -4.50. The average molecular weight is 282 g/mol. The van der Waals surface area contributed by atoms with Crippen LogP contribution in [0.3, 0.4) is 0 Å². The molecule has 1 amide bonds. The molecule has 1 aromatic rings. The third-order valence-corrected chi connectivity index (χ3v) is 3.35. The van der Waals surface area contributed by atoms with Gasteiger partial charge in [-0.2, -0.15) is 13.2 Å². The molecule has 100 valence electrons. The number of aromatic nitrogens is 2. The maximum absolute atomic E-state index is 12.3. The topological polar surface area (TPSA) is 78.4 Å². The Hall–Kier alpha value is -1.58. The maximum atomic E-state index is 12.3. The first-order valence-electron chi connectivity index (χ1n) is 5.01. The maximum Gasteiger partial charge on any atom is 0.445 e. The standard InChI is InChI=1S/C8H9F3N4O2S/c9-8(10,11)5-13-14-6(18-5)12-4-1-2-15(3-4)7(16)17/h4H,1-3H2,(H,12,14)(H,16,17). The molecule has 0 aromatic carbocycles. The summed E-state index contributed by atoms with van der Waals surface area (Å²) in [6.07, 6.45) is -5.00. The van der Waals surface area contributed by atoms with Gasteiger partial charge in [0.1, 0.15) is 0 Å². The smallest absolute Gasteiger partial charge is 0.445 e. The lowest BCUT2D eigenvalue weighted by atomic mass is 10.3. The highest BCUT2D eigenvalue weighted by Crippen LogP contribution is 2.33. The van der Waals surface area contributed by atoms with Crippen molar-refractivity contribution in [3.63, 3.8) is 0 Å². The van der Waals surface area contributed by atoms with E-state index in [2.05, 4.69) is 15.5 Å². The lowest BCUT2D eigenvalue weighted by Crippen LogP contribution is -2.30. The second kappa shape index (κ2) is 4.59. The molecule has 0 aliphatic carbocycles. The van der Waals surface area contributed by atoms with Gasteiger partial charge in [-0.15, -0.1) is 10.2 Å². The van der Waals surface area contributed by atoms with Crippen LogP contribution < -0.4 is 5.32 Å². The number of hydrogen-bond acceptors (Lipinski definition) is 5. The Morgan fingerprint density at radius 2 is 2.22 bits per heavy atom. The molecule has 0 radical (unpaired) electrons. The van der Waals surface area contributed by atoms with Crippen molar-refractivity contribution in [3.8, 4) is 0 Å². The molecule has 6 nitrogen and oxygen atoms in total. The Labute approximate surface area is 103 Å². The molecule has 1 aliphatic heterocycles. The van der Waals surface area contributed by atoms with E-state index in [4.69, 9.17) is 5.11 Å². The van der Waals surface area contributed by atoms with Crippen molar-refractivity contribution in [2.24, 2.45) is 0 Å². The SMILES string of the molecule is O=C(O)N1CCC(Nc2nnc(C(F)(F)F)s2)C1. The molecule has 10 heteroatoms. The molecule has 1 unspecified atom stereocenters. The van der Waals surface area contributed by atoms with Gasteiger partial charge in [-0.05, 0) is 6.42 Å². The zero-order chi connectivity index (χ0) is 13.3. The highest BCUT2D eigenvalue weighted by atomic mass is 32.1. The monoisotopic (exact) mass is 282 g/mol. The minimum Gasteiger partial charge on any atom is -0.465 e. The summed E-state index contributed by atoms with van der Waals surface area (Å²) < 4.78 is 36.8. The molecule has 1 fully saturated rings. The summed E-state index contributed by atoms with van der Waals surface area (Å²) in [5.41, 5.74) is 0. The van der Waals surface area contributed by atoms with E-state index < -0.39 is 17.3 Å². The Balaban J connectivity index is 1.95. The van der Waals surface area contributed by atoms with Gasteiger partial charge >= 0.3 is 12.3 Å². The summed E-state index contributed by atoms with van der Waals surface area (Å²) in [6.45, 7) is 0.591. The van der Waals surface area contributed by atoms with Gasteiger partial charge in [0.15, 0.2) is 0 Å². The Morgan fingerprint density at radius 3 is 2.72 bits per heavy atom. The first-order chi connectivity index (χ1) is 8.36. The summed E-state index contributed by atoms with van der Waals surface area (Å²) in [5.74, 6) is 0. The van der Waals surface area contributed by atoms with Gasteiger partial charge < -0.3 is 15.3 Å². The van der Waals surface area contributed by atoms with E-state index in [-0.39, 0.29) is 17.7 Å². The molecule has 1 atom stereocenters. The van der Waals surface area contributed by atoms with Gasteiger partial charge in [-0.3, -0.25) is 0 Å². The van der Waals surface area contributed by atoms with E-state index in [1.54, 1.807) is 0 Å². The van der Waals surface area contributed by atoms with Crippen LogP contribution in [0.15, 0.2) is 0 Å². The zero-order valence-electron chi connectivity index (χ0n) is 8.94. The van der Waals surface area contributed by atoms with Gasteiger partial charge in [0.25, 0.3) is 0 Å². The Morgan fingerprint density at radius 1 is 1.50 bits per heavy atom. The normalized spacial score (nSPS) is 20.2. The lowest BCUT2D eigenvalue weighted by Gasteiger charge is -2.12. The van der Waals surface area contributed by atoms with Crippen molar-refractivity contribution in [3.05, 3.63) is 5.01 Å². The van der Waals surface area contributed by atoms with Crippen molar-refractivity contribution in [2.45, 2.75) is 18.6 Å². The van der Waals surface area contributed by atoms with Gasteiger partial charge in [-0.1, -0.05) is 11.3 Å². The highest BCUT2D eigenvalue weighted by Gasteiger charge is 2.36. The van der Waals surface area contributed by atoms with E-state index in [0.717, 1.165) is 0 Å². The molecule has 2 rings (SSSR count). The number of nitrogens with one attached hydrogen (secondary N) is 1.